The minimum Gasteiger partial charge on any atom is -0.395 e. The molecule has 0 heterocycles. The Morgan fingerprint density at radius 2 is 1.85 bits per heavy atom. The first-order valence-corrected chi connectivity index (χ1v) is 9.08. The van der Waals surface area contributed by atoms with Crippen LogP contribution in [0.3, 0.4) is 0 Å². The normalized spacial score (nSPS) is 12.8. The van der Waals surface area contributed by atoms with Crippen LogP contribution in [-0.4, -0.2) is 52.2 Å². The minimum atomic E-state index is -4.19. The molecule has 0 radical (unpaired) electrons. The lowest BCUT2D eigenvalue weighted by Crippen LogP contribution is -2.34. The van der Waals surface area contributed by atoms with Crippen LogP contribution in [0.25, 0.3) is 0 Å². The zero-order chi connectivity index (χ0) is 15.6. The van der Waals surface area contributed by atoms with Crippen molar-refractivity contribution in [3.8, 4) is 0 Å². The molecular weight excluding hydrogens is 309 g/mol. The number of sulfone groups is 1. The number of halogens is 1. The van der Waals surface area contributed by atoms with E-state index in [0.717, 1.165) is 28.8 Å². The van der Waals surface area contributed by atoms with E-state index >= 15 is 0 Å². The third-order valence-electron chi connectivity index (χ3n) is 2.65. The van der Waals surface area contributed by atoms with Crippen molar-refractivity contribution in [1.29, 1.82) is 0 Å². The fourth-order valence-corrected chi connectivity index (χ4v) is 3.86. The molecule has 1 aromatic carbocycles. The summed E-state index contributed by atoms with van der Waals surface area (Å²) >= 11 is 0. The van der Waals surface area contributed by atoms with Crippen LogP contribution in [0, 0.1) is 5.82 Å². The van der Waals surface area contributed by atoms with Gasteiger partial charge in [0.2, 0.25) is 10.0 Å². The number of likely N-dealkylation sites (N-methyl/N-ethyl adjacent to an activating group) is 1. The molecule has 6 nitrogen and oxygen atoms in total. The van der Waals surface area contributed by atoms with Gasteiger partial charge in [-0.2, -0.15) is 4.31 Å². The average Bonchev–Trinajstić information content (AvgIpc) is 2.34. The Labute approximate surface area is 117 Å². The molecule has 1 aromatic rings. The molecule has 20 heavy (non-hydrogen) atoms. The number of rotatable bonds is 6. The molecular formula is C11H16FNO5S2. The highest BCUT2D eigenvalue weighted by molar-refractivity contribution is 7.91. The van der Waals surface area contributed by atoms with E-state index in [2.05, 4.69) is 0 Å². The summed E-state index contributed by atoms with van der Waals surface area (Å²) in [6, 6.07) is 2.60. The molecule has 1 N–H and O–H groups in total. The Balaban J connectivity index is 3.45. The SMILES string of the molecule is CCN(CCO)S(=O)(=O)c1cc(S(C)(=O)=O)ccc1F. The Morgan fingerprint density at radius 3 is 2.30 bits per heavy atom. The highest BCUT2D eigenvalue weighted by Crippen LogP contribution is 2.22. The molecule has 0 aliphatic heterocycles. The summed E-state index contributed by atoms with van der Waals surface area (Å²) in [5.41, 5.74) is 0. The number of benzene rings is 1. The molecule has 0 aliphatic rings. The van der Waals surface area contributed by atoms with Gasteiger partial charge in [-0.15, -0.1) is 0 Å². The molecule has 0 aliphatic carbocycles. The maximum Gasteiger partial charge on any atom is 0.246 e. The predicted molar refractivity (Wildman–Crippen MR) is 71.0 cm³/mol. The number of aliphatic hydroxyl groups is 1. The molecule has 114 valence electrons. The monoisotopic (exact) mass is 325 g/mol. The molecule has 1 rings (SSSR count). The van der Waals surface area contributed by atoms with Crippen molar-refractivity contribution in [1.82, 2.24) is 4.31 Å². The molecule has 0 bridgehead atoms. The lowest BCUT2D eigenvalue weighted by atomic mass is 10.3. The van der Waals surface area contributed by atoms with E-state index < -0.39 is 37.2 Å². The molecule has 9 heteroatoms. The molecule has 0 unspecified atom stereocenters. The van der Waals surface area contributed by atoms with E-state index in [9.17, 15) is 21.2 Å². The third kappa shape index (κ3) is 3.54. The third-order valence-corrected chi connectivity index (χ3v) is 5.75. The van der Waals surface area contributed by atoms with Gasteiger partial charge in [-0.3, -0.25) is 0 Å². The first-order valence-electron chi connectivity index (χ1n) is 5.75. The largest absolute Gasteiger partial charge is 0.395 e. The Hall–Kier alpha value is -1.03. The van der Waals surface area contributed by atoms with E-state index in [0.29, 0.717) is 0 Å². The molecule has 0 amide bonds. The Kier molecular flexibility index (Phi) is 5.25. The van der Waals surface area contributed by atoms with Gasteiger partial charge in [0.25, 0.3) is 0 Å². The second-order valence-electron chi connectivity index (χ2n) is 4.08. The fourth-order valence-electron chi connectivity index (χ4n) is 1.61. The highest BCUT2D eigenvalue weighted by atomic mass is 32.2. The second kappa shape index (κ2) is 6.17. The van der Waals surface area contributed by atoms with E-state index in [1.807, 2.05) is 0 Å². The lowest BCUT2D eigenvalue weighted by Gasteiger charge is -2.20. The molecule has 0 spiro atoms. The standard InChI is InChI=1S/C11H16FNO5S2/c1-3-13(6-7-14)20(17,18)11-8-9(19(2,15)16)4-5-10(11)12/h4-5,8,14H,3,6-7H2,1-2H3. The van der Waals surface area contributed by atoms with Gasteiger partial charge in [0.1, 0.15) is 10.7 Å². The van der Waals surface area contributed by atoms with Crippen molar-refractivity contribution in [2.45, 2.75) is 16.7 Å². The summed E-state index contributed by atoms with van der Waals surface area (Å²) < 4.78 is 61.9. The molecule has 0 atom stereocenters. The lowest BCUT2D eigenvalue weighted by molar-refractivity contribution is 0.256. The van der Waals surface area contributed by atoms with Crippen LogP contribution in [0.1, 0.15) is 6.92 Å². The zero-order valence-corrected chi connectivity index (χ0v) is 12.7. The van der Waals surface area contributed by atoms with Crippen molar-refractivity contribution < 1.29 is 26.3 Å². The number of aliphatic hydroxyl groups excluding tert-OH is 1. The molecule has 0 saturated heterocycles. The van der Waals surface area contributed by atoms with Crippen LogP contribution in [0.15, 0.2) is 28.0 Å². The summed E-state index contributed by atoms with van der Waals surface area (Å²) in [4.78, 5) is -0.992. The highest BCUT2D eigenvalue weighted by Gasteiger charge is 2.27. The van der Waals surface area contributed by atoms with Crippen molar-refractivity contribution in [3.63, 3.8) is 0 Å². The van der Waals surface area contributed by atoms with Crippen LogP contribution in [0.4, 0.5) is 4.39 Å². The Bertz CT molecular complexity index is 685. The van der Waals surface area contributed by atoms with Crippen LogP contribution >= 0.6 is 0 Å². The summed E-state index contributed by atoms with van der Waals surface area (Å²) in [6.07, 6.45) is 0.905. The van der Waals surface area contributed by atoms with Gasteiger partial charge >= 0.3 is 0 Å². The zero-order valence-electron chi connectivity index (χ0n) is 11.1. The number of hydrogen-bond donors (Lipinski definition) is 1. The molecule has 0 fully saturated rings. The summed E-state index contributed by atoms with van der Waals surface area (Å²) in [5, 5.41) is 8.84. The van der Waals surface area contributed by atoms with Gasteiger partial charge < -0.3 is 5.11 Å². The molecule has 0 saturated carbocycles. The van der Waals surface area contributed by atoms with Gasteiger partial charge in [-0.1, -0.05) is 6.92 Å². The van der Waals surface area contributed by atoms with Crippen LogP contribution in [0.5, 0.6) is 0 Å². The minimum absolute atomic E-state index is 0.0332. The number of sulfonamides is 1. The quantitative estimate of drug-likeness (QED) is 0.756. The maximum atomic E-state index is 13.7. The van der Waals surface area contributed by atoms with Gasteiger partial charge in [0.05, 0.1) is 11.5 Å². The van der Waals surface area contributed by atoms with Crippen molar-refractivity contribution in [2.24, 2.45) is 0 Å². The van der Waals surface area contributed by atoms with Crippen LogP contribution in [-0.2, 0) is 19.9 Å². The van der Waals surface area contributed by atoms with Crippen LogP contribution in [0.2, 0.25) is 0 Å². The van der Waals surface area contributed by atoms with Crippen molar-refractivity contribution >= 4 is 19.9 Å². The average molecular weight is 325 g/mol. The first-order chi connectivity index (χ1) is 9.14. The Morgan fingerprint density at radius 1 is 1.25 bits per heavy atom. The smallest absolute Gasteiger partial charge is 0.246 e. The maximum absolute atomic E-state index is 13.7. The molecule has 0 aromatic heterocycles. The topological polar surface area (TPSA) is 91.8 Å². The summed E-state index contributed by atoms with van der Waals surface area (Å²) in [6.45, 7) is 0.957. The van der Waals surface area contributed by atoms with E-state index in [1.54, 1.807) is 0 Å². The van der Waals surface area contributed by atoms with Crippen molar-refractivity contribution in [2.75, 3.05) is 26.0 Å². The predicted octanol–water partition coefficient (Wildman–Crippen LogP) is 0.232. The van der Waals surface area contributed by atoms with Crippen LogP contribution < -0.4 is 0 Å². The summed E-state index contributed by atoms with van der Waals surface area (Å²) in [5.74, 6) is -1.03. The van der Waals surface area contributed by atoms with E-state index in [4.69, 9.17) is 5.11 Å². The number of hydrogen-bond acceptors (Lipinski definition) is 5. The van der Waals surface area contributed by atoms with Gasteiger partial charge in [-0.05, 0) is 18.2 Å². The van der Waals surface area contributed by atoms with E-state index in [1.165, 1.54) is 6.92 Å². The summed E-state index contributed by atoms with van der Waals surface area (Å²) in [7, 11) is -7.84. The van der Waals surface area contributed by atoms with Gasteiger partial charge in [0, 0.05) is 19.3 Å². The number of nitrogens with zero attached hydrogens (tertiary/aromatic N) is 1. The van der Waals surface area contributed by atoms with E-state index in [-0.39, 0.29) is 18.0 Å². The van der Waals surface area contributed by atoms with Crippen molar-refractivity contribution in [3.05, 3.63) is 24.0 Å². The van der Waals surface area contributed by atoms with Gasteiger partial charge in [-0.25, -0.2) is 21.2 Å². The second-order valence-corrected chi connectivity index (χ2v) is 8.01. The van der Waals surface area contributed by atoms with Gasteiger partial charge in [0.15, 0.2) is 9.84 Å². The fraction of sp³-hybridized carbons (Fsp3) is 0.455. The first kappa shape index (κ1) is 17.0.